The number of rotatable bonds is 28. The van der Waals surface area contributed by atoms with Gasteiger partial charge in [0.25, 0.3) is 11.8 Å². The van der Waals surface area contributed by atoms with Crippen molar-refractivity contribution in [2.75, 3.05) is 36.8 Å². The van der Waals surface area contributed by atoms with Crippen molar-refractivity contribution in [3.63, 3.8) is 0 Å². The first kappa shape index (κ1) is 57.3. The number of piperidine rings is 1. The Kier molecular flexibility index (Phi) is 18.8. The number of aromatic amines is 1. The normalized spacial score (nSPS) is 22.3. The molecule has 3 aromatic heterocycles. The number of carbonyl (C=O) groups is 5. The van der Waals surface area contributed by atoms with Crippen LogP contribution in [0.25, 0.3) is 22.2 Å². The van der Waals surface area contributed by atoms with Crippen LogP contribution < -0.4 is 21.3 Å². The molecule has 9 rings (SSSR count). The number of H-pyrrole nitrogens is 1. The number of hydrogen-bond acceptors (Lipinski definition) is 15. The summed E-state index contributed by atoms with van der Waals surface area (Å²) >= 11 is 0. The third-order valence-electron chi connectivity index (χ3n) is 16.5. The van der Waals surface area contributed by atoms with Crippen molar-refractivity contribution in [1.82, 2.24) is 49.9 Å². The third-order valence-corrected chi connectivity index (χ3v) is 16.5. The Labute approximate surface area is 463 Å². The number of aromatic nitrogens is 6. The number of aryl methyl sites for hydroxylation is 1. The summed E-state index contributed by atoms with van der Waals surface area (Å²) in [6.07, 6.45) is 15.2. The maximum Gasteiger partial charge on any atom is 0.264 e. The van der Waals surface area contributed by atoms with Gasteiger partial charge in [-0.1, -0.05) is 77.8 Å². The zero-order valence-corrected chi connectivity index (χ0v) is 46.8. The van der Waals surface area contributed by atoms with E-state index in [4.69, 9.17) is 9.72 Å². The van der Waals surface area contributed by atoms with Gasteiger partial charge in [-0.15, -0.1) is 0 Å². The van der Waals surface area contributed by atoms with E-state index in [1.807, 2.05) is 0 Å². The number of nitrogens with one attached hydrogen (secondary N) is 5. The van der Waals surface area contributed by atoms with Gasteiger partial charge in [0.05, 0.1) is 28.5 Å². The number of hydrogen-bond donors (Lipinski definition) is 7. The average Bonchev–Trinajstić information content (AvgIpc) is 4.15. The Hall–Kier alpha value is -6.35. The van der Waals surface area contributed by atoms with Crippen molar-refractivity contribution < 1.29 is 38.9 Å². The average molecular weight is 1090 g/mol. The number of aliphatic hydroxyl groups is 2. The summed E-state index contributed by atoms with van der Waals surface area (Å²) < 4.78 is 8.13. The summed E-state index contributed by atoms with van der Waals surface area (Å²) in [7, 11) is 0. The van der Waals surface area contributed by atoms with Crippen LogP contribution in [-0.4, -0.2) is 142 Å². The highest BCUT2D eigenvalue weighted by Gasteiger charge is 2.48. The van der Waals surface area contributed by atoms with E-state index in [0.29, 0.717) is 67.2 Å². The Morgan fingerprint density at radius 1 is 0.861 bits per heavy atom. The largest absolute Gasteiger partial charge is 0.387 e. The van der Waals surface area contributed by atoms with Crippen molar-refractivity contribution in [3.05, 3.63) is 71.6 Å². The minimum atomic E-state index is -1.17. The second kappa shape index (κ2) is 25.8. The molecule has 3 fully saturated rings. The Morgan fingerprint density at radius 2 is 1.58 bits per heavy atom. The van der Waals surface area contributed by atoms with Crippen molar-refractivity contribution in [2.24, 2.45) is 5.92 Å². The number of imide groups is 2. The number of imidazole rings is 2. The van der Waals surface area contributed by atoms with Crippen molar-refractivity contribution in [3.8, 4) is 0 Å². The summed E-state index contributed by atoms with van der Waals surface area (Å²) in [5.41, 5.74) is 5.67. The fourth-order valence-electron chi connectivity index (χ4n) is 11.8. The van der Waals surface area contributed by atoms with Crippen LogP contribution in [0.2, 0.25) is 0 Å². The summed E-state index contributed by atoms with van der Waals surface area (Å²) in [4.78, 5) is 88.4. The van der Waals surface area contributed by atoms with E-state index in [2.05, 4.69) is 98.9 Å². The molecular formula is C59H82N12O8. The Bertz CT molecular complexity index is 2940. The Morgan fingerprint density at radius 3 is 2.33 bits per heavy atom. The molecule has 3 aliphatic heterocycles. The zero-order valence-electron chi connectivity index (χ0n) is 46.8. The maximum absolute atomic E-state index is 13.3. The number of fused-ring (bicyclic) bond motifs is 3. The second-order valence-corrected chi connectivity index (χ2v) is 23.6. The standard InChI is InChI=1S/C59H82N12O8/c1-36(2)69(39-30-37(31-39)21-25-46-66-41-23-22-38(59(3,4)5)32-43(41)67-46)33-45-51(74)52(75)58(79-45)70-35-65-50-53(63-34-64-54(50)70)62-29-16-15-28-61-47(72)20-13-11-9-7-6-8-10-12-14-27-60-42-19-17-18-40-49(42)57(78)71(56(40)77)44-24-26-48(73)68-55(44)76/h17-19,22-23,32,34-37,39,44-45,51-52,58,60,74-75H,6-16,20-21,24-31,33H2,1-5H3,(H,61,72)(H,66,67)(H,62,63,64)(H,68,73,76). The quantitative estimate of drug-likeness (QED) is 0.0189. The molecule has 5 amide bonds. The number of nitrogens with zero attached hydrogens (tertiary/aromatic N) is 7. The van der Waals surface area contributed by atoms with Gasteiger partial charge in [-0.2, -0.15) is 0 Å². The van der Waals surface area contributed by atoms with Gasteiger partial charge in [0, 0.05) is 63.2 Å². The number of amides is 5. The molecule has 5 aromatic rings. The molecule has 79 heavy (non-hydrogen) atoms. The highest BCUT2D eigenvalue weighted by Crippen LogP contribution is 2.39. The Balaban J connectivity index is 0.606. The molecule has 5 atom stereocenters. The van der Waals surface area contributed by atoms with Crippen LogP contribution in [0, 0.1) is 5.92 Å². The van der Waals surface area contributed by atoms with E-state index in [-0.39, 0.29) is 41.3 Å². The molecule has 0 bridgehead atoms. The molecule has 20 nitrogen and oxygen atoms in total. The smallest absolute Gasteiger partial charge is 0.264 e. The maximum atomic E-state index is 13.3. The van der Waals surface area contributed by atoms with Crippen LogP contribution in [-0.2, 0) is 31.0 Å². The van der Waals surface area contributed by atoms with E-state index in [9.17, 15) is 34.2 Å². The summed E-state index contributed by atoms with van der Waals surface area (Å²) in [6, 6.07) is 11.2. The summed E-state index contributed by atoms with van der Waals surface area (Å²) in [5, 5.41) is 34.6. The summed E-state index contributed by atoms with van der Waals surface area (Å²) in [5.74, 6) is 0.243. The van der Waals surface area contributed by atoms with Crippen LogP contribution in [0.1, 0.15) is 182 Å². The highest BCUT2D eigenvalue weighted by molar-refractivity contribution is 6.25. The van der Waals surface area contributed by atoms with E-state index < -0.39 is 54.2 Å². The van der Waals surface area contributed by atoms with E-state index in [1.54, 1.807) is 29.1 Å². The number of ether oxygens (including phenoxy) is 1. The fourth-order valence-corrected chi connectivity index (χ4v) is 11.8. The van der Waals surface area contributed by atoms with Gasteiger partial charge in [0.15, 0.2) is 23.2 Å². The minimum Gasteiger partial charge on any atom is -0.387 e. The minimum absolute atomic E-state index is 0.0748. The van der Waals surface area contributed by atoms with Gasteiger partial charge in [-0.3, -0.25) is 43.7 Å². The van der Waals surface area contributed by atoms with Gasteiger partial charge in [-0.25, -0.2) is 19.9 Å². The van der Waals surface area contributed by atoms with Gasteiger partial charge in [0.2, 0.25) is 17.7 Å². The first-order valence-corrected chi connectivity index (χ1v) is 29.1. The van der Waals surface area contributed by atoms with E-state index >= 15 is 0 Å². The topological polar surface area (TPSA) is 262 Å². The fraction of sp³-hybridized carbons (Fsp3) is 0.610. The van der Waals surface area contributed by atoms with Crippen LogP contribution >= 0.6 is 0 Å². The van der Waals surface area contributed by atoms with Gasteiger partial charge >= 0.3 is 0 Å². The molecule has 6 heterocycles. The van der Waals surface area contributed by atoms with E-state index in [1.165, 1.54) is 11.9 Å². The van der Waals surface area contributed by atoms with Gasteiger partial charge in [-0.05, 0) is 106 Å². The highest BCUT2D eigenvalue weighted by atomic mass is 16.6. The molecule has 426 valence electrons. The molecule has 20 heteroatoms. The van der Waals surface area contributed by atoms with Crippen molar-refractivity contribution in [1.29, 1.82) is 0 Å². The molecule has 1 aliphatic carbocycles. The zero-order chi connectivity index (χ0) is 55.8. The molecule has 4 aliphatic rings. The van der Waals surface area contributed by atoms with Crippen LogP contribution in [0.4, 0.5) is 11.5 Å². The molecule has 2 saturated heterocycles. The number of carbonyl (C=O) groups excluding carboxylic acids is 5. The van der Waals surface area contributed by atoms with Crippen LogP contribution in [0.15, 0.2) is 49.1 Å². The van der Waals surface area contributed by atoms with Crippen LogP contribution in [0.5, 0.6) is 0 Å². The predicted octanol–water partition coefficient (Wildman–Crippen LogP) is 7.46. The number of unbranched alkanes of at least 4 members (excludes halogenated alkanes) is 9. The number of anilines is 2. The molecule has 1 saturated carbocycles. The van der Waals surface area contributed by atoms with E-state index in [0.717, 1.165) is 118 Å². The third kappa shape index (κ3) is 13.6. The van der Waals surface area contributed by atoms with Crippen molar-refractivity contribution in [2.45, 2.75) is 198 Å². The predicted molar refractivity (Wildman–Crippen MR) is 301 cm³/mol. The molecule has 2 aromatic carbocycles. The lowest BCUT2D eigenvalue weighted by molar-refractivity contribution is -0.136. The molecular weight excluding hydrogens is 1000 g/mol. The molecule has 7 N–H and O–H groups in total. The van der Waals surface area contributed by atoms with Gasteiger partial charge in [0.1, 0.15) is 36.5 Å². The SMILES string of the molecule is CC(C)N(CC1OC(n2cnc3c(NCCCCNC(=O)CCCCCCCCCCCNc4cccc5c4C(=O)N(C4CCC(=O)NC4=O)C5=O)ncnc32)C(O)C1O)C1CC(CCc2nc3ccc(C(C)(C)C)cc3[nH]2)C1. The first-order valence-electron chi connectivity index (χ1n) is 29.1. The first-order chi connectivity index (χ1) is 38.0. The van der Waals surface area contributed by atoms with Gasteiger partial charge < -0.3 is 35.9 Å². The molecule has 0 spiro atoms. The number of benzene rings is 2. The molecule has 0 radical (unpaired) electrons. The lowest BCUT2D eigenvalue weighted by atomic mass is 9.76. The number of aliphatic hydroxyl groups excluding tert-OH is 2. The second-order valence-electron chi connectivity index (χ2n) is 23.6. The summed E-state index contributed by atoms with van der Waals surface area (Å²) in [6.45, 7) is 13.4. The molecule has 5 unspecified atom stereocenters. The lowest BCUT2D eigenvalue weighted by Gasteiger charge is -2.46. The van der Waals surface area contributed by atoms with Crippen molar-refractivity contribution >= 4 is 63.2 Å². The monoisotopic (exact) mass is 1090 g/mol. The van der Waals surface area contributed by atoms with Crippen LogP contribution in [0.3, 0.4) is 0 Å². The lowest BCUT2D eigenvalue weighted by Crippen LogP contribution is -2.54.